The monoisotopic (exact) mass is 377 g/mol. The van der Waals surface area contributed by atoms with Crippen LogP contribution in [0.1, 0.15) is 11.1 Å². The fourth-order valence-corrected chi connectivity index (χ4v) is 3.97. The molecular weight excluding hydrogens is 358 g/mol. The summed E-state index contributed by atoms with van der Waals surface area (Å²) in [4.78, 5) is 15.2. The highest BCUT2D eigenvalue weighted by Crippen LogP contribution is 2.42. The lowest BCUT2D eigenvalue weighted by Crippen LogP contribution is -2.20. The van der Waals surface area contributed by atoms with E-state index in [0.29, 0.717) is 5.57 Å². The van der Waals surface area contributed by atoms with Gasteiger partial charge in [0.15, 0.2) is 0 Å². The van der Waals surface area contributed by atoms with Gasteiger partial charge in [-0.2, -0.15) is 0 Å². The minimum atomic E-state index is -0.0164. The quantitative estimate of drug-likeness (QED) is 0.406. The average Bonchev–Trinajstić information content (AvgIpc) is 3.06. The molecular formula is C26H19NO2. The summed E-state index contributed by atoms with van der Waals surface area (Å²) in [5.41, 5.74) is 4.41. The molecule has 0 spiro atoms. The van der Waals surface area contributed by atoms with Crippen LogP contribution in [0.3, 0.4) is 0 Å². The first-order chi connectivity index (χ1) is 14.3. The minimum absolute atomic E-state index is 0.0164. The normalized spacial score (nSPS) is 14.4. The number of carbonyl (C=O) groups excluding carboxylic acids is 1. The number of nitrogens with zero attached hydrogens (tertiary/aromatic N) is 1. The van der Waals surface area contributed by atoms with Gasteiger partial charge in [-0.15, -0.1) is 0 Å². The van der Waals surface area contributed by atoms with Gasteiger partial charge >= 0.3 is 0 Å². The molecule has 3 nitrogen and oxygen atoms in total. The summed E-state index contributed by atoms with van der Waals surface area (Å²) in [7, 11) is 1.67. The Morgan fingerprint density at radius 2 is 1.45 bits per heavy atom. The van der Waals surface area contributed by atoms with Gasteiger partial charge in [0, 0.05) is 16.6 Å². The van der Waals surface area contributed by atoms with Crippen LogP contribution in [0.2, 0.25) is 0 Å². The summed E-state index contributed by atoms with van der Waals surface area (Å²) < 4.78 is 5.51. The number of carbonyl (C=O) groups is 1. The maximum atomic E-state index is 13.5. The minimum Gasteiger partial charge on any atom is -0.496 e. The molecule has 1 heterocycles. The lowest BCUT2D eigenvalue weighted by Gasteiger charge is -2.16. The van der Waals surface area contributed by atoms with Crippen molar-refractivity contribution < 1.29 is 9.53 Å². The topological polar surface area (TPSA) is 29.5 Å². The maximum absolute atomic E-state index is 13.5. The van der Waals surface area contributed by atoms with Crippen molar-refractivity contribution >= 4 is 39.7 Å². The Balaban J connectivity index is 1.70. The predicted octanol–water partition coefficient (Wildman–Crippen LogP) is 6.07. The van der Waals surface area contributed by atoms with E-state index in [0.717, 1.165) is 39.0 Å². The molecule has 4 aromatic rings. The van der Waals surface area contributed by atoms with Crippen molar-refractivity contribution in [2.45, 2.75) is 0 Å². The number of hydrogen-bond acceptors (Lipinski definition) is 2. The van der Waals surface area contributed by atoms with Crippen LogP contribution in [0.5, 0.6) is 5.75 Å². The molecule has 0 N–H and O–H groups in total. The smallest absolute Gasteiger partial charge is 0.263 e. The van der Waals surface area contributed by atoms with Crippen LogP contribution in [0.15, 0.2) is 91.0 Å². The molecule has 0 fully saturated rings. The van der Waals surface area contributed by atoms with Gasteiger partial charge < -0.3 is 4.74 Å². The largest absolute Gasteiger partial charge is 0.496 e. The molecule has 0 saturated heterocycles. The highest BCUT2D eigenvalue weighted by molar-refractivity contribution is 6.38. The van der Waals surface area contributed by atoms with E-state index in [1.54, 1.807) is 12.0 Å². The number of methoxy groups -OCH3 is 1. The number of anilines is 2. The number of fused-ring (bicyclic) bond motifs is 2. The molecule has 0 atom stereocenters. The summed E-state index contributed by atoms with van der Waals surface area (Å²) in [6, 6.07) is 29.8. The molecule has 1 aliphatic heterocycles. The second-order valence-electron chi connectivity index (χ2n) is 6.95. The van der Waals surface area contributed by atoms with Gasteiger partial charge in [0.05, 0.1) is 18.4 Å². The molecule has 0 saturated carbocycles. The van der Waals surface area contributed by atoms with Gasteiger partial charge in [-0.05, 0) is 41.3 Å². The van der Waals surface area contributed by atoms with Crippen LogP contribution in [0, 0.1) is 0 Å². The predicted molar refractivity (Wildman–Crippen MR) is 118 cm³/mol. The van der Waals surface area contributed by atoms with Crippen molar-refractivity contribution in [1.29, 1.82) is 0 Å². The summed E-state index contributed by atoms with van der Waals surface area (Å²) in [5.74, 6) is 0.809. The second kappa shape index (κ2) is 6.95. The van der Waals surface area contributed by atoms with Crippen LogP contribution in [-0.4, -0.2) is 13.0 Å². The zero-order valence-corrected chi connectivity index (χ0v) is 16.0. The molecule has 140 valence electrons. The van der Waals surface area contributed by atoms with Gasteiger partial charge in [0.1, 0.15) is 5.75 Å². The molecule has 5 rings (SSSR count). The zero-order valence-electron chi connectivity index (χ0n) is 16.0. The fraction of sp³-hybridized carbons (Fsp3) is 0.0385. The lowest BCUT2D eigenvalue weighted by atomic mass is 9.99. The fourth-order valence-electron chi connectivity index (χ4n) is 3.97. The second-order valence-corrected chi connectivity index (χ2v) is 6.95. The first-order valence-electron chi connectivity index (χ1n) is 9.54. The van der Waals surface area contributed by atoms with Crippen molar-refractivity contribution in [2.75, 3.05) is 12.0 Å². The third kappa shape index (κ3) is 2.79. The highest BCUT2D eigenvalue weighted by atomic mass is 16.5. The van der Waals surface area contributed by atoms with Gasteiger partial charge in [-0.1, -0.05) is 66.7 Å². The number of ether oxygens (including phenoxy) is 1. The van der Waals surface area contributed by atoms with E-state index >= 15 is 0 Å². The standard InChI is InChI=1S/C26H19NO2/c1-29-25-16-15-18(20-11-5-6-13-22(20)25)17-23-21-12-7-8-14-24(21)27(26(23)28)19-9-3-2-4-10-19/h2-17H,1H3/b23-17+. The van der Waals surface area contributed by atoms with E-state index < -0.39 is 0 Å². The molecule has 1 amide bonds. The van der Waals surface area contributed by atoms with E-state index in [-0.39, 0.29) is 5.91 Å². The number of amides is 1. The molecule has 1 aliphatic rings. The van der Waals surface area contributed by atoms with Crippen LogP contribution in [0.25, 0.3) is 22.4 Å². The zero-order chi connectivity index (χ0) is 19.8. The number of hydrogen-bond donors (Lipinski definition) is 0. The van der Waals surface area contributed by atoms with Crippen molar-refractivity contribution in [2.24, 2.45) is 0 Å². The van der Waals surface area contributed by atoms with Crippen LogP contribution < -0.4 is 9.64 Å². The van der Waals surface area contributed by atoms with Crippen molar-refractivity contribution in [3.05, 3.63) is 102 Å². The van der Waals surface area contributed by atoms with Crippen LogP contribution in [0.4, 0.5) is 11.4 Å². The average molecular weight is 377 g/mol. The Morgan fingerprint density at radius 3 is 2.24 bits per heavy atom. The first kappa shape index (κ1) is 17.3. The summed E-state index contributed by atoms with van der Waals surface area (Å²) in [5, 5.41) is 2.09. The Morgan fingerprint density at radius 1 is 0.759 bits per heavy atom. The van der Waals surface area contributed by atoms with Crippen molar-refractivity contribution in [3.63, 3.8) is 0 Å². The van der Waals surface area contributed by atoms with E-state index in [1.165, 1.54) is 0 Å². The summed E-state index contributed by atoms with van der Waals surface area (Å²) in [6.45, 7) is 0. The molecule has 4 aromatic carbocycles. The number of rotatable bonds is 3. The lowest BCUT2D eigenvalue weighted by molar-refractivity contribution is -0.112. The molecule has 0 aromatic heterocycles. The molecule has 0 aliphatic carbocycles. The Kier molecular flexibility index (Phi) is 4.14. The van der Waals surface area contributed by atoms with Crippen molar-refractivity contribution in [1.82, 2.24) is 0 Å². The van der Waals surface area contributed by atoms with Gasteiger partial charge in [-0.3, -0.25) is 9.69 Å². The summed E-state index contributed by atoms with van der Waals surface area (Å²) in [6.07, 6.45) is 1.99. The molecule has 0 radical (unpaired) electrons. The third-order valence-electron chi connectivity index (χ3n) is 5.32. The number of para-hydroxylation sites is 2. The van der Waals surface area contributed by atoms with E-state index in [1.807, 2.05) is 91.0 Å². The molecule has 29 heavy (non-hydrogen) atoms. The van der Waals surface area contributed by atoms with Crippen molar-refractivity contribution in [3.8, 4) is 5.75 Å². The van der Waals surface area contributed by atoms with Gasteiger partial charge in [-0.25, -0.2) is 0 Å². The Hall–Kier alpha value is -3.85. The van der Waals surface area contributed by atoms with Gasteiger partial charge in [0.2, 0.25) is 0 Å². The Bertz CT molecular complexity index is 1260. The molecule has 3 heteroatoms. The maximum Gasteiger partial charge on any atom is 0.263 e. The van der Waals surface area contributed by atoms with Gasteiger partial charge in [0.25, 0.3) is 5.91 Å². The summed E-state index contributed by atoms with van der Waals surface area (Å²) >= 11 is 0. The highest BCUT2D eigenvalue weighted by Gasteiger charge is 2.33. The van der Waals surface area contributed by atoms with E-state index in [9.17, 15) is 4.79 Å². The third-order valence-corrected chi connectivity index (χ3v) is 5.32. The van der Waals surface area contributed by atoms with Crippen LogP contribution >= 0.6 is 0 Å². The first-order valence-corrected chi connectivity index (χ1v) is 9.54. The Labute approximate surface area is 169 Å². The van der Waals surface area contributed by atoms with Crippen LogP contribution in [-0.2, 0) is 4.79 Å². The molecule has 0 unspecified atom stereocenters. The molecule has 0 bridgehead atoms. The number of benzene rings is 4. The SMILES string of the molecule is COc1ccc(/C=C2/C(=O)N(c3ccccc3)c3ccccc32)c2ccccc12. The van der Waals surface area contributed by atoms with E-state index in [4.69, 9.17) is 4.74 Å². The van der Waals surface area contributed by atoms with E-state index in [2.05, 4.69) is 6.07 Å².